The molecular weight excluding hydrogens is 226 g/mol. The minimum atomic E-state index is -1.12. The molecule has 0 bridgehead atoms. The first-order valence-corrected chi connectivity index (χ1v) is 5.74. The highest BCUT2D eigenvalue weighted by molar-refractivity contribution is 5.73. The van der Waals surface area contributed by atoms with Gasteiger partial charge in [0.15, 0.2) is 6.61 Å². The van der Waals surface area contributed by atoms with Crippen LogP contribution >= 0.6 is 0 Å². The number of hydrogen-bond donors (Lipinski definition) is 3. The molecular formula is C10H19N3O4. The molecule has 1 aliphatic heterocycles. The first kappa shape index (κ1) is 13.7. The van der Waals surface area contributed by atoms with E-state index >= 15 is 0 Å². The molecule has 0 aromatic carbocycles. The van der Waals surface area contributed by atoms with Gasteiger partial charge < -0.3 is 15.3 Å². The lowest BCUT2D eigenvalue weighted by atomic mass is 10.1. The maximum atomic E-state index is 11.3. The van der Waals surface area contributed by atoms with Crippen molar-refractivity contribution in [3.8, 4) is 0 Å². The number of hydroxylamine groups is 1. The van der Waals surface area contributed by atoms with Crippen LogP contribution in [0.1, 0.15) is 19.8 Å². The quantitative estimate of drug-likeness (QED) is 0.583. The van der Waals surface area contributed by atoms with E-state index in [9.17, 15) is 9.59 Å². The van der Waals surface area contributed by atoms with Gasteiger partial charge >= 0.3 is 12.0 Å². The molecule has 1 heterocycles. The fraction of sp³-hybridized carbons (Fsp3) is 0.800. The number of rotatable bonds is 5. The van der Waals surface area contributed by atoms with E-state index in [0.717, 1.165) is 32.5 Å². The topological polar surface area (TPSA) is 90.9 Å². The van der Waals surface area contributed by atoms with Gasteiger partial charge in [0.05, 0.1) is 0 Å². The van der Waals surface area contributed by atoms with Gasteiger partial charge in [0, 0.05) is 12.6 Å². The summed E-state index contributed by atoms with van der Waals surface area (Å²) in [4.78, 5) is 28.2. The lowest BCUT2D eigenvalue weighted by molar-refractivity contribution is -0.144. The molecule has 1 fully saturated rings. The monoisotopic (exact) mass is 245 g/mol. The van der Waals surface area contributed by atoms with E-state index in [2.05, 4.69) is 22.0 Å². The SMILES string of the molecule is CCN1CCCC(NC(=O)NOCC(=O)O)C1. The van der Waals surface area contributed by atoms with E-state index in [-0.39, 0.29) is 6.04 Å². The van der Waals surface area contributed by atoms with Crippen LogP contribution in [0.4, 0.5) is 4.79 Å². The van der Waals surface area contributed by atoms with Crippen molar-refractivity contribution < 1.29 is 19.5 Å². The van der Waals surface area contributed by atoms with E-state index in [4.69, 9.17) is 5.11 Å². The van der Waals surface area contributed by atoms with Crippen molar-refractivity contribution >= 4 is 12.0 Å². The molecule has 1 atom stereocenters. The van der Waals surface area contributed by atoms with Crippen LogP contribution in [-0.2, 0) is 9.63 Å². The molecule has 0 saturated carbocycles. The lowest BCUT2D eigenvalue weighted by Crippen LogP contribution is -2.50. The number of urea groups is 1. The van der Waals surface area contributed by atoms with Gasteiger partial charge in [-0.3, -0.25) is 4.84 Å². The standard InChI is InChI=1S/C10H19N3O4/c1-2-13-5-3-4-8(6-13)11-10(16)12-17-7-9(14)15/h8H,2-7H2,1H3,(H,14,15)(H2,11,12,16). The summed E-state index contributed by atoms with van der Waals surface area (Å²) in [6.45, 7) is 4.39. The normalized spacial score (nSPS) is 20.9. The summed E-state index contributed by atoms with van der Waals surface area (Å²) in [5.41, 5.74) is 2.04. The zero-order chi connectivity index (χ0) is 12.7. The number of hydrogen-bond acceptors (Lipinski definition) is 4. The molecule has 1 rings (SSSR count). The van der Waals surface area contributed by atoms with Crippen molar-refractivity contribution in [3.05, 3.63) is 0 Å². The van der Waals surface area contributed by atoms with Crippen LogP contribution in [0.2, 0.25) is 0 Å². The Bertz CT molecular complexity index is 272. The first-order chi connectivity index (χ1) is 8.11. The third kappa shape index (κ3) is 5.50. The van der Waals surface area contributed by atoms with Crippen LogP contribution in [0.5, 0.6) is 0 Å². The van der Waals surface area contributed by atoms with Gasteiger partial charge in [0.25, 0.3) is 0 Å². The van der Waals surface area contributed by atoms with Gasteiger partial charge in [0.1, 0.15) is 0 Å². The smallest absolute Gasteiger partial charge is 0.338 e. The van der Waals surface area contributed by atoms with Crippen molar-refractivity contribution in [1.82, 2.24) is 15.7 Å². The average Bonchev–Trinajstić information content (AvgIpc) is 2.28. The fourth-order valence-corrected chi connectivity index (χ4v) is 1.84. The number of likely N-dealkylation sites (tertiary alicyclic amines) is 1. The highest BCUT2D eigenvalue weighted by Gasteiger charge is 2.20. The van der Waals surface area contributed by atoms with Crippen LogP contribution in [-0.4, -0.2) is 54.3 Å². The van der Waals surface area contributed by atoms with Crippen LogP contribution in [0.25, 0.3) is 0 Å². The maximum absolute atomic E-state index is 11.3. The molecule has 1 aliphatic rings. The first-order valence-electron chi connectivity index (χ1n) is 5.74. The van der Waals surface area contributed by atoms with Crippen molar-refractivity contribution in [2.24, 2.45) is 0 Å². The lowest BCUT2D eigenvalue weighted by Gasteiger charge is -2.32. The minimum Gasteiger partial charge on any atom is -0.479 e. The highest BCUT2D eigenvalue weighted by atomic mass is 16.7. The second-order valence-corrected chi connectivity index (χ2v) is 3.99. The Morgan fingerprint density at radius 2 is 2.29 bits per heavy atom. The van der Waals surface area contributed by atoms with E-state index in [1.54, 1.807) is 0 Å². The molecule has 1 unspecified atom stereocenters. The Labute approximate surface area is 100 Å². The maximum Gasteiger partial charge on any atom is 0.338 e. The summed E-state index contributed by atoms with van der Waals surface area (Å²) in [6, 6.07) is -0.397. The number of carbonyl (C=O) groups excluding carboxylic acids is 1. The fourth-order valence-electron chi connectivity index (χ4n) is 1.84. The number of nitrogens with one attached hydrogen (secondary N) is 2. The molecule has 1 saturated heterocycles. The molecule has 7 nitrogen and oxygen atoms in total. The van der Waals surface area contributed by atoms with Crippen LogP contribution in [0.3, 0.4) is 0 Å². The number of piperidine rings is 1. The summed E-state index contributed by atoms with van der Waals surface area (Å²) in [5, 5.41) is 11.1. The Kier molecular flexibility index (Phi) is 5.71. The molecule has 17 heavy (non-hydrogen) atoms. The molecule has 3 N–H and O–H groups in total. The van der Waals surface area contributed by atoms with Crippen molar-refractivity contribution in [1.29, 1.82) is 0 Å². The molecule has 2 amide bonds. The van der Waals surface area contributed by atoms with E-state index in [1.807, 2.05) is 5.48 Å². The molecule has 7 heteroatoms. The molecule has 0 radical (unpaired) electrons. The van der Waals surface area contributed by atoms with Crippen LogP contribution in [0.15, 0.2) is 0 Å². The summed E-state index contributed by atoms with van der Waals surface area (Å²) in [7, 11) is 0. The molecule has 0 spiro atoms. The Hall–Kier alpha value is -1.34. The van der Waals surface area contributed by atoms with Crippen LogP contribution < -0.4 is 10.8 Å². The van der Waals surface area contributed by atoms with Gasteiger partial charge in [0.2, 0.25) is 0 Å². The van der Waals surface area contributed by atoms with Gasteiger partial charge in [-0.15, -0.1) is 0 Å². The van der Waals surface area contributed by atoms with Crippen molar-refractivity contribution in [2.75, 3.05) is 26.2 Å². The number of aliphatic carboxylic acids is 1. The highest BCUT2D eigenvalue weighted by Crippen LogP contribution is 2.09. The van der Waals surface area contributed by atoms with E-state index < -0.39 is 18.6 Å². The second kappa shape index (κ2) is 7.08. The predicted molar refractivity (Wildman–Crippen MR) is 60.4 cm³/mol. The van der Waals surface area contributed by atoms with E-state index in [1.165, 1.54) is 0 Å². The molecule has 98 valence electrons. The van der Waals surface area contributed by atoms with Gasteiger partial charge in [-0.05, 0) is 25.9 Å². The van der Waals surface area contributed by atoms with E-state index in [0.29, 0.717) is 0 Å². The summed E-state index contributed by atoms with van der Waals surface area (Å²) in [5.74, 6) is -1.12. The number of amides is 2. The number of likely N-dealkylation sites (N-methyl/N-ethyl adjacent to an activating group) is 1. The predicted octanol–water partition coefficient (Wildman–Crippen LogP) is -0.214. The van der Waals surface area contributed by atoms with Gasteiger partial charge in [-0.25, -0.2) is 15.1 Å². The minimum absolute atomic E-state index is 0.0946. The molecule has 0 aliphatic carbocycles. The van der Waals surface area contributed by atoms with Crippen molar-refractivity contribution in [3.63, 3.8) is 0 Å². The second-order valence-electron chi connectivity index (χ2n) is 3.99. The number of carboxylic acid groups (broad SMARTS) is 1. The van der Waals surface area contributed by atoms with Gasteiger partial charge in [-0.2, -0.15) is 0 Å². The summed E-state index contributed by atoms with van der Waals surface area (Å²) in [6.07, 6.45) is 1.98. The third-order valence-electron chi connectivity index (χ3n) is 2.65. The number of carbonyl (C=O) groups is 2. The zero-order valence-corrected chi connectivity index (χ0v) is 9.94. The Morgan fingerprint density at radius 3 is 2.94 bits per heavy atom. The Balaban J connectivity index is 2.19. The van der Waals surface area contributed by atoms with Gasteiger partial charge in [-0.1, -0.05) is 6.92 Å². The van der Waals surface area contributed by atoms with Crippen molar-refractivity contribution in [2.45, 2.75) is 25.8 Å². The summed E-state index contributed by atoms with van der Waals surface area (Å²) >= 11 is 0. The summed E-state index contributed by atoms with van der Waals surface area (Å²) < 4.78 is 0. The molecule has 0 aromatic rings. The molecule has 0 aromatic heterocycles. The largest absolute Gasteiger partial charge is 0.479 e. The number of nitrogens with zero attached hydrogens (tertiary/aromatic N) is 1. The third-order valence-corrected chi connectivity index (χ3v) is 2.65. The average molecular weight is 245 g/mol. The zero-order valence-electron chi connectivity index (χ0n) is 9.94. The number of carboxylic acids is 1. The van der Waals surface area contributed by atoms with Crippen LogP contribution in [0, 0.1) is 0 Å². The Morgan fingerprint density at radius 1 is 1.53 bits per heavy atom.